The van der Waals surface area contributed by atoms with Crippen LogP contribution in [0.5, 0.6) is 0 Å². The lowest BCUT2D eigenvalue weighted by Crippen LogP contribution is -2.40. The quantitative estimate of drug-likeness (QED) is 0.664. The van der Waals surface area contributed by atoms with Gasteiger partial charge in [0.2, 0.25) is 0 Å². The zero-order valence-corrected chi connectivity index (χ0v) is 15.4. The lowest BCUT2D eigenvalue weighted by molar-refractivity contribution is -0.141. The average Bonchev–Trinajstić information content (AvgIpc) is 2.74. The molecule has 2 aromatic carbocycles. The third-order valence-electron chi connectivity index (χ3n) is 4.26. The Morgan fingerprint density at radius 2 is 1.50 bits per heavy atom. The number of aromatic nitrogens is 2. The molecule has 0 saturated heterocycles. The number of esters is 1. The van der Waals surface area contributed by atoms with Crippen molar-refractivity contribution in [3.8, 4) is 0 Å². The monoisotopic (exact) mass is 376 g/mol. The molecule has 0 aliphatic heterocycles. The lowest BCUT2D eigenvalue weighted by Gasteiger charge is -2.31. The zero-order valence-electron chi connectivity index (χ0n) is 15.4. The van der Waals surface area contributed by atoms with Crippen molar-refractivity contribution in [1.29, 1.82) is 0 Å². The topological polar surface area (TPSA) is 98.4 Å². The summed E-state index contributed by atoms with van der Waals surface area (Å²) in [6, 6.07) is 18.3. The summed E-state index contributed by atoms with van der Waals surface area (Å²) in [5.41, 5.74) is 7.53. The molecule has 142 valence electrons. The Morgan fingerprint density at radius 1 is 0.964 bits per heavy atom. The van der Waals surface area contributed by atoms with E-state index < -0.39 is 17.9 Å². The van der Waals surface area contributed by atoms with Crippen LogP contribution >= 0.6 is 0 Å². The maximum absolute atomic E-state index is 13.3. The van der Waals surface area contributed by atoms with Gasteiger partial charge in [0.25, 0.3) is 5.91 Å². The minimum Gasteiger partial charge on any atom is -0.468 e. The fourth-order valence-corrected chi connectivity index (χ4v) is 2.96. The molecule has 2 N–H and O–H groups in total. The first-order valence-corrected chi connectivity index (χ1v) is 8.66. The van der Waals surface area contributed by atoms with E-state index in [4.69, 9.17) is 10.5 Å². The van der Waals surface area contributed by atoms with E-state index in [1.165, 1.54) is 24.4 Å². The van der Waals surface area contributed by atoms with Gasteiger partial charge in [-0.3, -0.25) is 9.59 Å². The minimum atomic E-state index is -0.548. The zero-order chi connectivity index (χ0) is 19.9. The SMILES string of the molecule is COC(=O)CN(C(=O)c1nccnc1N)C(c1ccccc1)c1ccccc1. The van der Waals surface area contributed by atoms with E-state index in [0.29, 0.717) is 0 Å². The predicted octanol–water partition coefficient (Wildman–Crippen LogP) is 2.46. The summed E-state index contributed by atoms with van der Waals surface area (Å²) < 4.78 is 4.82. The number of hydrogen-bond donors (Lipinski definition) is 1. The molecule has 0 aliphatic carbocycles. The Balaban J connectivity index is 2.13. The van der Waals surface area contributed by atoms with Crippen LogP contribution in [0.4, 0.5) is 5.82 Å². The molecule has 1 aromatic heterocycles. The van der Waals surface area contributed by atoms with Crippen LogP contribution in [-0.4, -0.2) is 40.4 Å². The van der Waals surface area contributed by atoms with Crippen LogP contribution in [0.25, 0.3) is 0 Å². The van der Waals surface area contributed by atoms with Crippen LogP contribution in [-0.2, 0) is 9.53 Å². The van der Waals surface area contributed by atoms with Crippen molar-refractivity contribution in [3.05, 3.63) is 89.9 Å². The second kappa shape index (κ2) is 8.77. The minimum absolute atomic E-state index is 0.00207. The van der Waals surface area contributed by atoms with Gasteiger partial charge < -0.3 is 15.4 Å². The number of methoxy groups -OCH3 is 1. The molecular weight excluding hydrogens is 356 g/mol. The van der Waals surface area contributed by atoms with Crippen molar-refractivity contribution >= 4 is 17.7 Å². The number of benzene rings is 2. The number of nitrogens with zero attached hydrogens (tertiary/aromatic N) is 3. The predicted molar refractivity (Wildman–Crippen MR) is 104 cm³/mol. The van der Waals surface area contributed by atoms with E-state index in [2.05, 4.69) is 9.97 Å². The van der Waals surface area contributed by atoms with Crippen LogP contribution in [0.2, 0.25) is 0 Å². The van der Waals surface area contributed by atoms with Crippen LogP contribution in [0.15, 0.2) is 73.1 Å². The highest BCUT2D eigenvalue weighted by Gasteiger charge is 2.31. The maximum Gasteiger partial charge on any atom is 0.325 e. The maximum atomic E-state index is 13.3. The average molecular weight is 376 g/mol. The molecule has 0 spiro atoms. The molecular formula is C21H20N4O3. The summed E-state index contributed by atoms with van der Waals surface area (Å²) in [7, 11) is 1.28. The number of carbonyl (C=O) groups excluding carboxylic acids is 2. The third-order valence-corrected chi connectivity index (χ3v) is 4.26. The molecule has 0 fully saturated rings. The number of carbonyl (C=O) groups is 2. The van der Waals surface area contributed by atoms with Crippen molar-refractivity contribution in [1.82, 2.24) is 14.9 Å². The van der Waals surface area contributed by atoms with Crippen LogP contribution in [0.1, 0.15) is 27.7 Å². The summed E-state index contributed by atoms with van der Waals surface area (Å²) in [6.07, 6.45) is 2.79. The molecule has 28 heavy (non-hydrogen) atoms. The van der Waals surface area contributed by atoms with E-state index in [1.54, 1.807) is 0 Å². The second-order valence-corrected chi connectivity index (χ2v) is 6.02. The molecule has 7 nitrogen and oxygen atoms in total. The van der Waals surface area contributed by atoms with Gasteiger partial charge in [0.1, 0.15) is 6.54 Å². The lowest BCUT2D eigenvalue weighted by atomic mass is 9.96. The number of ether oxygens (including phenoxy) is 1. The van der Waals surface area contributed by atoms with Gasteiger partial charge in [-0.05, 0) is 11.1 Å². The normalized spacial score (nSPS) is 10.5. The summed E-state index contributed by atoms with van der Waals surface area (Å²) in [4.78, 5) is 34.9. The number of rotatable bonds is 6. The van der Waals surface area contributed by atoms with Crippen molar-refractivity contribution in [2.75, 3.05) is 19.4 Å². The molecule has 0 unspecified atom stereocenters. The first-order valence-electron chi connectivity index (χ1n) is 8.66. The van der Waals surface area contributed by atoms with Crippen molar-refractivity contribution < 1.29 is 14.3 Å². The Hall–Kier alpha value is -3.74. The fraction of sp³-hybridized carbons (Fsp3) is 0.143. The van der Waals surface area contributed by atoms with Gasteiger partial charge in [-0.15, -0.1) is 0 Å². The van der Waals surface area contributed by atoms with E-state index >= 15 is 0 Å². The first-order chi connectivity index (χ1) is 13.6. The van der Waals surface area contributed by atoms with Gasteiger partial charge >= 0.3 is 5.97 Å². The molecule has 3 rings (SSSR count). The highest BCUT2D eigenvalue weighted by Crippen LogP contribution is 2.30. The van der Waals surface area contributed by atoms with E-state index in [0.717, 1.165) is 11.1 Å². The molecule has 0 aliphatic rings. The number of nitrogen functional groups attached to an aromatic ring is 1. The first kappa shape index (κ1) is 19.0. The molecule has 0 bridgehead atoms. The van der Waals surface area contributed by atoms with E-state index in [9.17, 15) is 9.59 Å². The largest absolute Gasteiger partial charge is 0.468 e. The van der Waals surface area contributed by atoms with Crippen molar-refractivity contribution in [3.63, 3.8) is 0 Å². The Morgan fingerprint density at radius 3 is 2.00 bits per heavy atom. The number of amides is 1. The molecule has 7 heteroatoms. The van der Waals surface area contributed by atoms with Gasteiger partial charge in [-0.25, -0.2) is 9.97 Å². The van der Waals surface area contributed by atoms with Gasteiger partial charge in [0.15, 0.2) is 11.5 Å². The fourth-order valence-electron chi connectivity index (χ4n) is 2.96. The Kier molecular flexibility index (Phi) is 5.96. The Labute approximate surface area is 162 Å². The van der Waals surface area contributed by atoms with Crippen LogP contribution < -0.4 is 5.73 Å². The van der Waals surface area contributed by atoms with Crippen molar-refractivity contribution in [2.45, 2.75) is 6.04 Å². The number of nitrogens with two attached hydrogens (primary N) is 1. The van der Waals surface area contributed by atoms with Crippen LogP contribution in [0.3, 0.4) is 0 Å². The smallest absolute Gasteiger partial charge is 0.325 e. The molecule has 0 radical (unpaired) electrons. The van der Waals surface area contributed by atoms with Gasteiger partial charge in [0, 0.05) is 12.4 Å². The third kappa shape index (κ3) is 4.15. The standard InChI is InChI=1S/C21H20N4O3/c1-28-17(26)14-25(21(27)18-20(22)24-13-12-23-18)19(15-8-4-2-5-9-15)16-10-6-3-7-11-16/h2-13,19H,14H2,1H3,(H2,22,24). The number of hydrogen-bond acceptors (Lipinski definition) is 6. The summed E-state index contributed by atoms with van der Waals surface area (Å²) in [5.74, 6) is -1.05. The Bertz CT molecular complexity index is 909. The highest BCUT2D eigenvalue weighted by molar-refractivity contribution is 5.98. The highest BCUT2D eigenvalue weighted by atomic mass is 16.5. The van der Waals surface area contributed by atoms with Crippen LogP contribution in [0, 0.1) is 0 Å². The van der Waals surface area contributed by atoms with Gasteiger partial charge in [0.05, 0.1) is 13.2 Å². The summed E-state index contributed by atoms with van der Waals surface area (Å²) in [6.45, 7) is -0.264. The van der Waals surface area contributed by atoms with Gasteiger partial charge in [-0.2, -0.15) is 0 Å². The van der Waals surface area contributed by atoms with E-state index in [1.807, 2.05) is 60.7 Å². The van der Waals surface area contributed by atoms with E-state index in [-0.39, 0.29) is 18.1 Å². The molecule has 1 heterocycles. The summed E-state index contributed by atoms with van der Waals surface area (Å²) in [5, 5.41) is 0. The molecule has 0 atom stereocenters. The molecule has 3 aromatic rings. The second-order valence-electron chi connectivity index (χ2n) is 6.02. The number of anilines is 1. The van der Waals surface area contributed by atoms with Gasteiger partial charge in [-0.1, -0.05) is 60.7 Å². The molecule has 1 amide bonds. The summed E-state index contributed by atoms with van der Waals surface area (Å²) >= 11 is 0. The molecule has 0 saturated carbocycles. The van der Waals surface area contributed by atoms with Crippen molar-refractivity contribution in [2.24, 2.45) is 0 Å².